The largest absolute Gasteiger partial charge is 0.506 e. The highest BCUT2D eigenvalue weighted by Gasteiger charge is 2.22. The topological polar surface area (TPSA) is 71.3 Å². The van der Waals surface area contributed by atoms with Crippen molar-refractivity contribution in [3.63, 3.8) is 0 Å². The lowest BCUT2D eigenvalue weighted by Crippen LogP contribution is -2.30. The van der Waals surface area contributed by atoms with E-state index in [4.69, 9.17) is 0 Å². The zero-order chi connectivity index (χ0) is 18.7. The van der Waals surface area contributed by atoms with E-state index in [0.717, 1.165) is 17.3 Å². The second-order valence-corrected chi connectivity index (χ2v) is 6.93. The summed E-state index contributed by atoms with van der Waals surface area (Å²) >= 11 is 3.33. The number of hydrogen-bond acceptors (Lipinski definition) is 3. The second kappa shape index (κ2) is 7.74. The first-order valence-corrected chi connectivity index (χ1v) is 9.23. The number of fused-ring (bicyclic) bond motifs is 1. The highest BCUT2D eigenvalue weighted by molar-refractivity contribution is 9.10. The summed E-state index contributed by atoms with van der Waals surface area (Å²) < 4.78 is 2.45. The fourth-order valence-electron chi connectivity index (χ4n) is 2.86. The number of aromatic nitrogens is 1. The summed E-state index contributed by atoms with van der Waals surface area (Å²) in [6.45, 7) is 2.53. The molecule has 134 valence electrons. The fourth-order valence-corrected chi connectivity index (χ4v) is 3.12. The number of aromatic hydroxyl groups is 1. The van der Waals surface area contributed by atoms with E-state index in [1.807, 2.05) is 13.0 Å². The molecule has 0 fully saturated rings. The molecule has 1 aromatic heterocycles. The van der Waals surface area contributed by atoms with Crippen molar-refractivity contribution >= 4 is 38.4 Å². The highest BCUT2D eigenvalue weighted by Crippen LogP contribution is 2.27. The van der Waals surface area contributed by atoms with Crippen LogP contribution in [0.15, 0.2) is 57.8 Å². The number of pyridine rings is 1. The molecule has 0 unspecified atom stereocenters. The highest BCUT2D eigenvalue weighted by atomic mass is 79.9. The van der Waals surface area contributed by atoms with Gasteiger partial charge in [0.1, 0.15) is 11.3 Å². The lowest BCUT2D eigenvalue weighted by Gasteiger charge is -2.14. The van der Waals surface area contributed by atoms with Crippen molar-refractivity contribution in [2.24, 2.45) is 0 Å². The van der Waals surface area contributed by atoms with Crippen LogP contribution in [0.2, 0.25) is 0 Å². The summed E-state index contributed by atoms with van der Waals surface area (Å²) in [4.78, 5) is 25.6. The molecule has 0 aliphatic heterocycles. The predicted molar refractivity (Wildman–Crippen MR) is 107 cm³/mol. The van der Waals surface area contributed by atoms with Crippen molar-refractivity contribution in [2.75, 3.05) is 5.32 Å². The number of amides is 1. The first-order valence-electron chi connectivity index (χ1n) is 8.44. The van der Waals surface area contributed by atoms with Crippen molar-refractivity contribution < 1.29 is 9.90 Å². The van der Waals surface area contributed by atoms with Crippen LogP contribution in [0, 0.1) is 0 Å². The van der Waals surface area contributed by atoms with E-state index in [1.165, 1.54) is 0 Å². The Labute approximate surface area is 159 Å². The molecule has 2 N–H and O–H groups in total. The molecule has 3 aromatic rings. The standard InChI is InChI=1S/C20H19BrN2O3/c1-2-3-12-23-16-7-5-4-6-15(16)18(24)17(20(23)26)19(25)22-14-10-8-13(21)9-11-14/h4-11,24H,2-3,12H2,1H3,(H,22,25). The van der Waals surface area contributed by atoms with Gasteiger partial charge < -0.3 is 15.0 Å². The third kappa shape index (κ3) is 3.51. The van der Waals surface area contributed by atoms with Crippen molar-refractivity contribution in [1.29, 1.82) is 0 Å². The number of para-hydroxylation sites is 1. The minimum atomic E-state index is -0.620. The van der Waals surface area contributed by atoms with Crippen LogP contribution in [0.4, 0.5) is 5.69 Å². The molecule has 0 spiro atoms. The summed E-state index contributed by atoms with van der Waals surface area (Å²) in [5.74, 6) is -0.904. The van der Waals surface area contributed by atoms with Crippen LogP contribution in [-0.4, -0.2) is 15.6 Å². The lowest BCUT2D eigenvalue weighted by atomic mass is 10.1. The molecule has 26 heavy (non-hydrogen) atoms. The average Bonchev–Trinajstić information content (AvgIpc) is 2.64. The first-order chi connectivity index (χ1) is 12.5. The van der Waals surface area contributed by atoms with Crippen LogP contribution in [0.5, 0.6) is 5.75 Å². The van der Waals surface area contributed by atoms with Crippen LogP contribution in [0.25, 0.3) is 10.9 Å². The molecule has 0 atom stereocenters. The molecule has 6 heteroatoms. The van der Waals surface area contributed by atoms with Crippen LogP contribution in [0.1, 0.15) is 30.1 Å². The minimum Gasteiger partial charge on any atom is -0.506 e. The second-order valence-electron chi connectivity index (χ2n) is 6.01. The Balaban J connectivity index is 2.11. The van der Waals surface area contributed by atoms with Crippen LogP contribution in [-0.2, 0) is 6.54 Å². The van der Waals surface area contributed by atoms with Gasteiger partial charge in [0.25, 0.3) is 11.5 Å². The molecule has 0 saturated heterocycles. The Morgan fingerprint density at radius 2 is 1.85 bits per heavy atom. The molecule has 2 aromatic carbocycles. The molecule has 0 bridgehead atoms. The number of anilines is 1. The third-order valence-electron chi connectivity index (χ3n) is 4.21. The van der Waals surface area contributed by atoms with E-state index in [9.17, 15) is 14.7 Å². The monoisotopic (exact) mass is 414 g/mol. The summed E-state index contributed by atoms with van der Waals surface area (Å²) in [6, 6.07) is 14.1. The number of carbonyl (C=O) groups excluding carboxylic acids is 1. The van der Waals surface area contributed by atoms with Gasteiger partial charge in [-0.1, -0.05) is 41.4 Å². The van der Waals surface area contributed by atoms with Crippen molar-refractivity contribution in [1.82, 2.24) is 4.57 Å². The molecule has 3 rings (SSSR count). The third-order valence-corrected chi connectivity index (χ3v) is 4.74. The normalized spacial score (nSPS) is 10.8. The Morgan fingerprint density at radius 3 is 2.54 bits per heavy atom. The van der Waals surface area contributed by atoms with Crippen molar-refractivity contribution in [3.8, 4) is 5.75 Å². The van der Waals surface area contributed by atoms with Gasteiger partial charge >= 0.3 is 0 Å². The van der Waals surface area contributed by atoms with Crippen molar-refractivity contribution in [2.45, 2.75) is 26.3 Å². The van der Waals surface area contributed by atoms with Gasteiger partial charge in [0, 0.05) is 22.1 Å². The van der Waals surface area contributed by atoms with E-state index in [2.05, 4.69) is 21.2 Å². The van der Waals surface area contributed by atoms with Gasteiger partial charge in [-0.25, -0.2) is 0 Å². The number of unbranched alkanes of at least 4 members (excludes halogenated alkanes) is 1. The first kappa shape index (κ1) is 18.2. The lowest BCUT2D eigenvalue weighted by molar-refractivity contribution is 0.102. The molecule has 0 radical (unpaired) electrons. The summed E-state index contributed by atoms with van der Waals surface area (Å²) in [7, 11) is 0. The molecule has 0 aliphatic rings. The number of aryl methyl sites for hydroxylation is 1. The maximum Gasteiger partial charge on any atom is 0.267 e. The zero-order valence-electron chi connectivity index (χ0n) is 14.3. The number of rotatable bonds is 5. The SMILES string of the molecule is CCCCn1c(=O)c(C(=O)Nc2ccc(Br)cc2)c(O)c2ccccc21. The number of benzene rings is 2. The van der Waals surface area contributed by atoms with E-state index in [1.54, 1.807) is 47.0 Å². The molecule has 1 amide bonds. The van der Waals surface area contributed by atoms with Crippen molar-refractivity contribution in [3.05, 3.63) is 68.9 Å². The molecular formula is C20H19BrN2O3. The van der Waals surface area contributed by atoms with Gasteiger partial charge in [0.15, 0.2) is 0 Å². The molecule has 1 heterocycles. The predicted octanol–water partition coefficient (Wildman–Crippen LogP) is 4.52. The number of nitrogens with zero attached hydrogens (tertiary/aromatic N) is 1. The van der Waals surface area contributed by atoms with Gasteiger partial charge in [-0.05, 0) is 42.8 Å². The maximum absolute atomic E-state index is 12.9. The quantitative estimate of drug-likeness (QED) is 0.644. The zero-order valence-corrected chi connectivity index (χ0v) is 15.9. The van der Waals surface area contributed by atoms with E-state index >= 15 is 0 Å². The van der Waals surface area contributed by atoms with Gasteiger partial charge in [-0.2, -0.15) is 0 Å². The number of halogens is 1. The Morgan fingerprint density at radius 1 is 1.15 bits per heavy atom. The van der Waals surface area contributed by atoms with Gasteiger partial charge in [0.2, 0.25) is 0 Å². The van der Waals surface area contributed by atoms with Gasteiger partial charge in [-0.15, -0.1) is 0 Å². The summed E-state index contributed by atoms with van der Waals surface area (Å²) in [6.07, 6.45) is 1.73. The van der Waals surface area contributed by atoms with Gasteiger partial charge in [-0.3, -0.25) is 9.59 Å². The summed E-state index contributed by atoms with van der Waals surface area (Å²) in [5.41, 5.74) is 0.459. The van der Waals surface area contributed by atoms with Gasteiger partial charge in [0.05, 0.1) is 5.52 Å². The minimum absolute atomic E-state index is 0.234. The van der Waals surface area contributed by atoms with E-state index in [0.29, 0.717) is 23.1 Å². The Bertz CT molecular complexity index is 1010. The number of hydrogen-bond donors (Lipinski definition) is 2. The van der Waals surface area contributed by atoms with Crippen LogP contribution in [0.3, 0.4) is 0 Å². The summed E-state index contributed by atoms with van der Waals surface area (Å²) in [5, 5.41) is 13.8. The van der Waals surface area contributed by atoms with E-state index in [-0.39, 0.29) is 11.3 Å². The molecule has 5 nitrogen and oxygen atoms in total. The molecule has 0 saturated carbocycles. The Kier molecular flexibility index (Phi) is 5.42. The number of nitrogens with one attached hydrogen (secondary N) is 1. The smallest absolute Gasteiger partial charge is 0.267 e. The van der Waals surface area contributed by atoms with Crippen LogP contribution >= 0.6 is 15.9 Å². The maximum atomic E-state index is 12.9. The number of carbonyl (C=O) groups is 1. The molecular weight excluding hydrogens is 396 g/mol. The fraction of sp³-hybridized carbons (Fsp3) is 0.200. The van der Waals surface area contributed by atoms with E-state index < -0.39 is 11.5 Å². The average molecular weight is 415 g/mol. The Hall–Kier alpha value is -2.60. The molecule has 0 aliphatic carbocycles. The van der Waals surface area contributed by atoms with Crippen LogP contribution < -0.4 is 10.9 Å².